The standard InChI is InChI=1S/C21H24ClNO3/c1-16(26-20-9-7-18(22)8-10-20)21(24)23-13-11-17(12-14-23)15-25-19-5-3-2-4-6-19/h2-10,16-17H,11-15H2,1H3. The molecule has 1 atom stereocenters. The third-order valence-corrected chi connectivity index (χ3v) is 4.88. The Morgan fingerprint density at radius 3 is 2.38 bits per heavy atom. The number of hydrogen-bond acceptors (Lipinski definition) is 3. The zero-order valence-electron chi connectivity index (χ0n) is 14.9. The summed E-state index contributed by atoms with van der Waals surface area (Å²) in [4.78, 5) is 14.5. The van der Waals surface area contributed by atoms with E-state index in [1.165, 1.54) is 0 Å². The Morgan fingerprint density at radius 1 is 1.08 bits per heavy atom. The number of likely N-dealkylation sites (tertiary alicyclic amines) is 1. The summed E-state index contributed by atoms with van der Waals surface area (Å²) in [6.07, 6.45) is 1.40. The van der Waals surface area contributed by atoms with Crippen molar-refractivity contribution in [3.8, 4) is 11.5 Å². The van der Waals surface area contributed by atoms with Gasteiger partial charge in [0.05, 0.1) is 6.61 Å². The van der Waals surface area contributed by atoms with Gasteiger partial charge < -0.3 is 14.4 Å². The van der Waals surface area contributed by atoms with E-state index in [1.807, 2.05) is 35.2 Å². The van der Waals surface area contributed by atoms with E-state index in [2.05, 4.69) is 0 Å². The van der Waals surface area contributed by atoms with Gasteiger partial charge in [-0.3, -0.25) is 4.79 Å². The highest BCUT2D eigenvalue weighted by Crippen LogP contribution is 2.21. The number of rotatable bonds is 6. The van der Waals surface area contributed by atoms with E-state index >= 15 is 0 Å². The van der Waals surface area contributed by atoms with Crippen molar-refractivity contribution in [1.82, 2.24) is 4.90 Å². The summed E-state index contributed by atoms with van der Waals surface area (Å²) in [5.74, 6) is 2.06. The van der Waals surface area contributed by atoms with Crippen LogP contribution < -0.4 is 9.47 Å². The van der Waals surface area contributed by atoms with Crippen LogP contribution in [0.15, 0.2) is 54.6 Å². The molecule has 1 heterocycles. The summed E-state index contributed by atoms with van der Waals surface area (Å²) >= 11 is 5.87. The lowest BCUT2D eigenvalue weighted by molar-refractivity contribution is -0.139. The number of ether oxygens (including phenoxy) is 2. The minimum atomic E-state index is -0.506. The Kier molecular flexibility index (Phi) is 6.40. The van der Waals surface area contributed by atoms with Crippen molar-refractivity contribution in [3.05, 3.63) is 59.6 Å². The van der Waals surface area contributed by atoms with E-state index in [0.29, 0.717) is 23.3 Å². The highest BCUT2D eigenvalue weighted by molar-refractivity contribution is 6.30. The van der Waals surface area contributed by atoms with E-state index in [0.717, 1.165) is 31.7 Å². The molecule has 1 saturated heterocycles. The molecule has 0 bridgehead atoms. The zero-order chi connectivity index (χ0) is 18.4. The quantitative estimate of drug-likeness (QED) is 0.752. The average Bonchev–Trinajstić information content (AvgIpc) is 2.69. The molecule has 1 fully saturated rings. The number of amides is 1. The minimum absolute atomic E-state index is 0.0300. The van der Waals surface area contributed by atoms with Gasteiger partial charge in [0.15, 0.2) is 6.10 Å². The first-order valence-electron chi connectivity index (χ1n) is 9.00. The molecule has 26 heavy (non-hydrogen) atoms. The molecule has 0 N–H and O–H groups in total. The van der Waals surface area contributed by atoms with Crippen molar-refractivity contribution in [2.24, 2.45) is 5.92 Å². The van der Waals surface area contributed by atoms with Crippen LogP contribution in [-0.4, -0.2) is 36.6 Å². The first-order chi connectivity index (χ1) is 12.6. The van der Waals surface area contributed by atoms with Crippen molar-refractivity contribution >= 4 is 17.5 Å². The van der Waals surface area contributed by atoms with Gasteiger partial charge in [-0.15, -0.1) is 0 Å². The first kappa shape index (κ1) is 18.6. The van der Waals surface area contributed by atoms with Crippen molar-refractivity contribution in [2.75, 3.05) is 19.7 Å². The molecule has 0 radical (unpaired) electrons. The van der Waals surface area contributed by atoms with Crippen LogP contribution in [0.25, 0.3) is 0 Å². The molecule has 2 aromatic rings. The molecule has 0 spiro atoms. The Balaban J connectivity index is 1.43. The molecule has 1 unspecified atom stereocenters. The number of halogens is 1. The highest BCUT2D eigenvalue weighted by Gasteiger charge is 2.27. The maximum atomic E-state index is 12.6. The van der Waals surface area contributed by atoms with Gasteiger partial charge >= 0.3 is 0 Å². The fourth-order valence-corrected chi connectivity index (χ4v) is 3.20. The maximum Gasteiger partial charge on any atom is 0.263 e. The van der Waals surface area contributed by atoms with Crippen molar-refractivity contribution in [3.63, 3.8) is 0 Å². The van der Waals surface area contributed by atoms with Crippen LogP contribution in [0.1, 0.15) is 19.8 Å². The Hall–Kier alpha value is -2.20. The second kappa shape index (κ2) is 8.95. The van der Waals surface area contributed by atoms with E-state index < -0.39 is 6.10 Å². The number of piperidine rings is 1. The molecular weight excluding hydrogens is 350 g/mol. The molecule has 2 aromatic carbocycles. The zero-order valence-corrected chi connectivity index (χ0v) is 15.7. The molecular formula is C21H24ClNO3. The SMILES string of the molecule is CC(Oc1ccc(Cl)cc1)C(=O)N1CCC(COc2ccccc2)CC1. The lowest BCUT2D eigenvalue weighted by Gasteiger charge is -2.33. The molecule has 1 aliphatic heterocycles. The highest BCUT2D eigenvalue weighted by atomic mass is 35.5. The second-order valence-electron chi connectivity index (χ2n) is 6.61. The van der Waals surface area contributed by atoms with Crippen LogP contribution in [0, 0.1) is 5.92 Å². The van der Waals surface area contributed by atoms with Gasteiger partial charge in [0.1, 0.15) is 11.5 Å². The molecule has 3 rings (SSSR count). The molecule has 4 nitrogen and oxygen atoms in total. The summed E-state index contributed by atoms with van der Waals surface area (Å²) in [5, 5.41) is 0.649. The summed E-state index contributed by atoms with van der Waals surface area (Å²) in [6, 6.07) is 16.9. The molecule has 0 aliphatic carbocycles. The molecule has 5 heteroatoms. The van der Waals surface area contributed by atoms with E-state index in [1.54, 1.807) is 31.2 Å². The summed E-state index contributed by atoms with van der Waals surface area (Å²) < 4.78 is 11.6. The van der Waals surface area contributed by atoms with E-state index in [9.17, 15) is 4.79 Å². The van der Waals surface area contributed by atoms with Gasteiger partial charge in [-0.05, 0) is 62.1 Å². The van der Waals surface area contributed by atoms with E-state index in [-0.39, 0.29) is 5.91 Å². The van der Waals surface area contributed by atoms with Crippen LogP contribution in [0.5, 0.6) is 11.5 Å². The predicted molar refractivity (Wildman–Crippen MR) is 103 cm³/mol. The third-order valence-electron chi connectivity index (χ3n) is 4.63. The number of carbonyl (C=O) groups excluding carboxylic acids is 1. The lowest BCUT2D eigenvalue weighted by atomic mass is 9.97. The van der Waals surface area contributed by atoms with Crippen LogP contribution >= 0.6 is 11.6 Å². The smallest absolute Gasteiger partial charge is 0.263 e. The van der Waals surface area contributed by atoms with Crippen molar-refractivity contribution < 1.29 is 14.3 Å². The minimum Gasteiger partial charge on any atom is -0.493 e. The van der Waals surface area contributed by atoms with Gasteiger partial charge in [-0.2, -0.15) is 0 Å². The second-order valence-corrected chi connectivity index (χ2v) is 7.04. The van der Waals surface area contributed by atoms with Crippen LogP contribution in [-0.2, 0) is 4.79 Å². The van der Waals surface area contributed by atoms with E-state index in [4.69, 9.17) is 21.1 Å². The fourth-order valence-electron chi connectivity index (χ4n) is 3.08. The maximum absolute atomic E-state index is 12.6. The number of nitrogens with zero attached hydrogens (tertiary/aromatic N) is 1. The predicted octanol–water partition coefficient (Wildman–Crippen LogP) is 4.42. The van der Waals surface area contributed by atoms with Crippen molar-refractivity contribution in [1.29, 1.82) is 0 Å². The third kappa shape index (κ3) is 5.15. The van der Waals surface area contributed by atoms with Gasteiger partial charge in [0, 0.05) is 18.1 Å². The largest absolute Gasteiger partial charge is 0.493 e. The Bertz CT molecular complexity index is 697. The normalized spacial score (nSPS) is 16.2. The first-order valence-corrected chi connectivity index (χ1v) is 9.38. The van der Waals surface area contributed by atoms with Crippen LogP contribution in [0.3, 0.4) is 0 Å². The molecule has 0 saturated carbocycles. The number of para-hydroxylation sites is 1. The summed E-state index contributed by atoms with van der Waals surface area (Å²) in [7, 11) is 0. The lowest BCUT2D eigenvalue weighted by Crippen LogP contribution is -2.45. The number of hydrogen-bond donors (Lipinski definition) is 0. The summed E-state index contributed by atoms with van der Waals surface area (Å²) in [6.45, 7) is 3.98. The fraction of sp³-hybridized carbons (Fsp3) is 0.381. The molecule has 1 amide bonds. The number of carbonyl (C=O) groups is 1. The monoisotopic (exact) mass is 373 g/mol. The Morgan fingerprint density at radius 2 is 1.73 bits per heavy atom. The van der Waals surface area contributed by atoms with Crippen LogP contribution in [0.2, 0.25) is 5.02 Å². The van der Waals surface area contributed by atoms with Gasteiger partial charge in [-0.25, -0.2) is 0 Å². The van der Waals surface area contributed by atoms with Gasteiger partial charge in [0.25, 0.3) is 5.91 Å². The molecule has 1 aliphatic rings. The Labute approximate surface area is 159 Å². The molecule has 138 valence electrons. The topological polar surface area (TPSA) is 38.8 Å². The number of benzene rings is 2. The van der Waals surface area contributed by atoms with Gasteiger partial charge in [-0.1, -0.05) is 29.8 Å². The summed E-state index contributed by atoms with van der Waals surface area (Å²) in [5.41, 5.74) is 0. The molecule has 0 aromatic heterocycles. The average molecular weight is 374 g/mol. The van der Waals surface area contributed by atoms with Crippen LogP contribution in [0.4, 0.5) is 0 Å². The van der Waals surface area contributed by atoms with Crippen molar-refractivity contribution in [2.45, 2.75) is 25.9 Å². The van der Waals surface area contributed by atoms with Gasteiger partial charge in [0.2, 0.25) is 0 Å².